The van der Waals surface area contributed by atoms with E-state index in [0.717, 1.165) is 6.42 Å². The van der Waals surface area contributed by atoms with Gasteiger partial charge in [0.25, 0.3) is 0 Å². The van der Waals surface area contributed by atoms with Crippen LogP contribution >= 0.6 is 0 Å². The minimum atomic E-state index is -0.560. The van der Waals surface area contributed by atoms with E-state index >= 15 is 0 Å². The molecule has 0 aliphatic rings. The molecule has 1 aromatic heterocycles. The molecule has 0 atom stereocenters. The highest BCUT2D eigenvalue weighted by Gasteiger charge is 2.35. The van der Waals surface area contributed by atoms with Crippen molar-refractivity contribution in [1.82, 2.24) is 9.55 Å². The summed E-state index contributed by atoms with van der Waals surface area (Å²) in [4.78, 5) is 4.37. The first-order valence-corrected chi connectivity index (χ1v) is 17.3. The molecule has 0 aliphatic carbocycles. The van der Waals surface area contributed by atoms with Crippen molar-refractivity contribution in [3.8, 4) is 0 Å². The topological polar surface area (TPSA) is 17.8 Å². The molecule has 2 nitrogen and oxygen atoms in total. The predicted molar refractivity (Wildman–Crippen MR) is 193 cm³/mol. The zero-order valence-electron chi connectivity index (χ0n) is 25.8. The highest BCUT2D eigenvalue weighted by atomic mass is 28.2. The van der Waals surface area contributed by atoms with Crippen molar-refractivity contribution in [1.29, 1.82) is 0 Å². The summed E-state index contributed by atoms with van der Waals surface area (Å²) in [6.45, 7) is 4.79. The van der Waals surface area contributed by atoms with Gasteiger partial charge in [-0.05, 0) is 30.5 Å². The SMILES string of the molecule is CCC=C(C)C[SiH2]C(c1ccccc1)(c1ccccc1)n1ccnc1.c1ccc(B(c2ccccc2)c2ccccc2)cc1. The average molecular weight is 589 g/mol. The second kappa shape index (κ2) is 15.7. The smallest absolute Gasteiger partial charge is 0.241 e. The van der Waals surface area contributed by atoms with Gasteiger partial charge in [-0.2, -0.15) is 0 Å². The maximum absolute atomic E-state index is 4.37. The van der Waals surface area contributed by atoms with Gasteiger partial charge in [0.1, 0.15) is 0 Å². The van der Waals surface area contributed by atoms with Gasteiger partial charge in [0, 0.05) is 12.4 Å². The normalized spacial score (nSPS) is 11.6. The van der Waals surface area contributed by atoms with Gasteiger partial charge in [-0.1, -0.05) is 187 Å². The van der Waals surface area contributed by atoms with Crippen molar-refractivity contribution < 1.29 is 0 Å². The van der Waals surface area contributed by atoms with Gasteiger partial charge in [-0.3, -0.25) is 0 Å². The van der Waals surface area contributed by atoms with Crippen molar-refractivity contribution in [2.75, 3.05) is 0 Å². The fraction of sp³-hybridized carbons (Fsp3) is 0.125. The number of imidazole rings is 1. The Labute approximate surface area is 266 Å². The Morgan fingerprint density at radius 1 is 0.659 bits per heavy atom. The Balaban J connectivity index is 0.000000181. The van der Waals surface area contributed by atoms with E-state index in [1.165, 1.54) is 39.1 Å². The molecule has 0 bridgehead atoms. The molecule has 6 aromatic rings. The molecule has 1 heterocycles. The minimum Gasteiger partial charge on any atom is -0.327 e. The number of aromatic nitrogens is 2. The summed E-state index contributed by atoms with van der Waals surface area (Å²) in [6, 6.07) is 55.0. The Hall–Kier alpha value is -4.67. The van der Waals surface area contributed by atoms with Crippen molar-refractivity contribution in [3.05, 3.63) is 193 Å². The van der Waals surface area contributed by atoms with Gasteiger partial charge in [0.05, 0.1) is 21.0 Å². The molecule has 0 amide bonds. The van der Waals surface area contributed by atoms with Crippen LogP contribution in [0.25, 0.3) is 0 Å². The third-order valence-electron chi connectivity index (χ3n) is 8.28. The van der Waals surface area contributed by atoms with Crippen LogP contribution in [-0.4, -0.2) is 25.8 Å². The van der Waals surface area contributed by atoms with E-state index in [1.54, 1.807) is 0 Å². The number of allylic oxidation sites excluding steroid dienone is 2. The molecule has 0 fully saturated rings. The summed E-state index contributed by atoms with van der Waals surface area (Å²) in [6.07, 6.45) is 9.46. The van der Waals surface area contributed by atoms with Crippen LogP contribution in [0.15, 0.2) is 182 Å². The largest absolute Gasteiger partial charge is 0.327 e. The van der Waals surface area contributed by atoms with Gasteiger partial charge >= 0.3 is 0 Å². The van der Waals surface area contributed by atoms with E-state index in [-0.39, 0.29) is 5.16 Å². The van der Waals surface area contributed by atoms with Crippen LogP contribution in [0, 0.1) is 0 Å². The molecule has 4 heteroatoms. The summed E-state index contributed by atoms with van der Waals surface area (Å²) in [5, 5.41) is -0.109. The number of nitrogens with zero attached hydrogens (tertiary/aromatic N) is 2. The summed E-state index contributed by atoms with van der Waals surface area (Å²) in [7, 11) is -0.560. The fourth-order valence-corrected chi connectivity index (χ4v) is 8.59. The molecule has 0 saturated carbocycles. The van der Waals surface area contributed by atoms with Gasteiger partial charge in [-0.15, -0.1) is 0 Å². The Bertz CT molecular complexity index is 1540. The first kappa shape index (κ1) is 30.8. The Morgan fingerprint density at radius 3 is 1.43 bits per heavy atom. The molecule has 5 aromatic carbocycles. The standard InChI is InChI=1S/C22H26N2Si.C18H15B/c1-3-10-19(2)17-25-22(24-16-15-23-18-24,20-11-6-4-7-12-20)21-13-8-5-9-14-21;1-4-10-16(11-5-1)19(17-12-6-2-7-13-17)18-14-8-3-9-15-18/h4-16,18H,3,17,25H2,1-2H3;1-15H. The lowest BCUT2D eigenvalue weighted by atomic mass is 9.37. The Morgan fingerprint density at radius 2 is 1.07 bits per heavy atom. The minimum absolute atomic E-state index is 0.109. The van der Waals surface area contributed by atoms with Crippen molar-refractivity contribution in [3.63, 3.8) is 0 Å². The molecule has 44 heavy (non-hydrogen) atoms. The van der Waals surface area contributed by atoms with Crippen molar-refractivity contribution in [2.24, 2.45) is 0 Å². The highest BCUT2D eigenvalue weighted by Crippen LogP contribution is 2.34. The maximum Gasteiger partial charge on any atom is 0.241 e. The van der Waals surface area contributed by atoms with Crippen LogP contribution in [0.4, 0.5) is 0 Å². The third kappa shape index (κ3) is 7.45. The van der Waals surface area contributed by atoms with Crippen molar-refractivity contribution >= 4 is 32.6 Å². The first-order chi connectivity index (χ1) is 21.7. The number of hydrogen-bond donors (Lipinski definition) is 0. The van der Waals surface area contributed by atoms with E-state index in [0.29, 0.717) is 6.71 Å². The second-order valence-corrected chi connectivity index (χ2v) is 13.2. The summed E-state index contributed by atoms with van der Waals surface area (Å²) < 4.78 is 2.32. The second-order valence-electron chi connectivity index (χ2n) is 11.2. The molecule has 6 rings (SSSR count). The predicted octanol–water partition coefficient (Wildman–Crippen LogP) is 6.78. The molecule has 0 saturated heterocycles. The van der Waals surface area contributed by atoms with Gasteiger partial charge in [-0.25, -0.2) is 4.98 Å². The van der Waals surface area contributed by atoms with Gasteiger partial charge in [0.15, 0.2) is 0 Å². The maximum atomic E-state index is 4.37. The van der Waals surface area contributed by atoms with Gasteiger partial charge < -0.3 is 4.57 Å². The lowest BCUT2D eigenvalue weighted by molar-refractivity contribution is 0.592. The average Bonchev–Trinajstić information content (AvgIpc) is 3.64. The molecule has 218 valence electrons. The first-order valence-electron chi connectivity index (χ1n) is 15.6. The lowest BCUT2D eigenvalue weighted by Gasteiger charge is -2.37. The van der Waals surface area contributed by atoms with Crippen LogP contribution in [0.3, 0.4) is 0 Å². The molecule has 0 aliphatic heterocycles. The molecule has 0 radical (unpaired) electrons. The van der Waals surface area contributed by atoms with E-state index in [1.807, 2.05) is 12.5 Å². The highest BCUT2D eigenvalue weighted by molar-refractivity contribution is 6.95. The van der Waals surface area contributed by atoms with E-state index < -0.39 is 9.52 Å². The summed E-state index contributed by atoms with van der Waals surface area (Å²) in [5.41, 5.74) is 8.22. The third-order valence-corrected chi connectivity index (χ3v) is 11.2. The summed E-state index contributed by atoms with van der Waals surface area (Å²) >= 11 is 0. The van der Waals surface area contributed by atoms with Gasteiger partial charge in [0.2, 0.25) is 6.71 Å². The molecule has 0 spiro atoms. The van der Waals surface area contributed by atoms with Crippen LogP contribution in [0.2, 0.25) is 6.04 Å². The number of hydrogen-bond acceptors (Lipinski definition) is 1. The quantitative estimate of drug-likeness (QED) is 0.128. The van der Waals surface area contributed by atoms with Crippen LogP contribution in [0.5, 0.6) is 0 Å². The van der Waals surface area contributed by atoms with Crippen LogP contribution in [-0.2, 0) is 5.16 Å². The number of rotatable bonds is 10. The fourth-order valence-electron chi connectivity index (χ4n) is 6.14. The summed E-state index contributed by atoms with van der Waals surface area (Å²) in [5.74, 6) is 0. The lowest BCUT2D eigenvalue weighted by Crippen LogP contribution is -2.51. The Kier molecular flexibility index (Phi) is 11.0. The van der Waals surface area contributed by atoms with Crippen LogP contribution in [0.1, 0.15) is 31.4 Å². The molecule has 0 unspecified atom stereocenters. The van der Waals surface area contributed by atoms with Crippen molar-refractivity contribution in [2.45, 2.75) is 31.5 Å². The van der Waals surface area contributed by atoms with Crippen LogP contribution < -0.4 is 16.4 Å². The van der Waals surface area contributed by atoms with E-state index in [4.69, 9.17) is 0 Å². The zero-order chi connectivity index (χ0) is 30.5. The van der Waals surface area contributed by atoms with E-state index in [2.05, 4.69) is 187 Å². The molecular formula is C40H41BN2Si. The zero-order valence-corrected chi connectivity index (χ0v) is 27.3. The molecule has 0 N–H and O–H groups in total. The molecular weight excluding hydrogens is 547 g/mol. The number of benzene rings is 5. The monoisotopic (exact) mass is 588 g/mol. The van der Waals surface area contributed by atoms with E-state index in [9.17, 15) is 0 Å².